The Morgan fingerprint density at radius 2 is 1.02 bits per heavy atom. The summed E-state index contributed by atoms with van der Waals surface area (Å²) in [5.74, 6) is -0.842. The second kappa shape index (κ2) is 36.0. The maximum Gasteiger partial charge on any atom is 0.306 e. The maximum atomic E-state index is 12.7. The van der Waals surface area contributed by atoms with E-state index in [9.17, 15) is 30.0 Å². The van der Waals surface area contributed by atoms with Gasteiger partial charge < -0.3 is 39.4 Å². The van der Waals surface area contributed by atoms with Crippen LogP contribution in [-0.2, 0) is 28.5 Å². The largest absolute Gasteiger partial charge is 0.462 e. The molecule has 1 aliphatic rings. The molecule has 0 spiro atoms. The zero-order valence-electron chi connectivity index (χ0n) is 34.4. The minimum atomic E-state index is -1.60. The van der Waals surface area contributed by atoms with Gasteiger partial charge in [-0.05, 0) is 77.0 Å². The van der Waals surface area contributed by atoms with Crippen LogP contribution in [0.2, 0.25) is 0 Å². The number of allylic oxidation sites excluding steroid dienone is 8. The van der Waals surface area contributed by atoms with Gasteiger partial charge in [0.1, 0.15) is 31.0 Å². The standard InChI is InChI=1S/C45H78O10/c1-3-5-7-9-11-13-15-17-19-21-23-25-27-29-31-33-40(47)52-36-38(37-53-45-44(51)43(50)42(49)39(35-46)55-45)54-41(48)34-32-30-28-26-24-22-20-18-16-14-12-10-8-6-4-2/h11-14,17-20,38-39,42-46,49-51H,3-10,15-16,21-37H2,1-2H3/b13-11-,14-12-,19-17-,20-18-/t38-,39+,42-,43-,44+,45+/m0/s1. The molecule has 4 N–H and O–H groups in total. The lowest BCUT2D eigenvalue weighted by atomic mass is 9.99. The van der Waals surface area contributed by atoms with Crippen LogP contribution in [-0.4, -0.2) is 89.0 Å². The van der Waals surface area contributed by atoms with E-state index in [1.54, 1.807) is 0 Å². The zero-order valence-corrected chi connectivity index (χ0v) is 34.4. The number of unbranched alkanes of at least 4 members (excludes halogenated alkanes) is 16. The van der Waals surface area contributed by atoms with Crippen molar-refractivity contribution < 1.29 is 49.0 Å². The van der Waals surface area contributed by atoms with E-state index in [1.807, 2.05) is 0 Å². The van der Waals surface area contributed by atoms with E-state index in [0.717, 1.165) is 83.5 Å². The van der Waals surface area contributed by atoms with Crippen molar-refractivity contribution in [3.05, 3.63) is 48.6 Å². The van der Waals surface area contributed by atoms with Crippen LogP contribution in [0.15, 0.2) is 48.6 Å². The van der Waals surface area contributed by atoms with Gasteiger partial charge in [0.05, 0.1) is 13.2 Å². The molecular formula is C45H78O10. The molecule has 6 atom stereocenters. The molecular weight excluding hydrogens is 700 g/mol. The Hall–Kier alpha value is -2.34. The van der Waals surface area contributed by atoms with E-state index in [-0.39, 0.29) is 26.1 Å². The maximum absolute atomic E-state index is 12.7. The van der Waals surface area contributed by atoms with Crippen molar-refractivity contribution in [2.24, 2.45) is 0 Å². The van der Waals surface area contributed by atoms with Gasteiger partial charge in [0, 0.05) is 12.8 Å². The van der Waals surface area contributed by atoms with Crippen LogP contribution in [0.5, 0.6) is 0 Å². The highest BCUT2D eigenvalue weighted by molar-refractivity contribution is 5.70. The fraction of sp³-hybridized carbons (Fsp3) is 0.778. The molecule has 0 unspecified atom stereocenters. The summed E-state index contributed by atoms with van der Waals surface area (Å²) < 4.78 is 22.1. The third-order valence-electron chi connectivity index (χ3n) is 9.69. The molecule has 1 saturated heterocycles. The monoisotopic (exact) mass is 779 g/mol. The average molecular weight is 779 g/mol. The van der Waals surface area contributed by atoms with Gasteiger partial charge in [-0.3, -0.25) is 9.59 Å². The average Bonchev–Trinajstić information content (AvgIpc) is 3.18. The highest BCUT2D eigenvalue weighted by Gasteiger charge is 2.44. The number of hydrogen-bond acceptors (Lipinski definition) is 10. The number of aliphatic hydroxyl groups excluding tert-OH is 4. The molecule has 318 valence electrons. The molecule has 0 aliphatic carbocycles. The summed E-state index contributed by atoms with van der Waals surface area (Å²) in [7, 11) is 0. The Bertz CT molecular complexity index is 1040. The van der Waals surface area contributed by atoms with E-state index in [4.69, 9.17) is 18.9 Å². The topological polar surface area (TPSA) is 152 Å². The van der Waals surface area contributed by atoms with Crippen molar-refractivity contribution in [1.29, 1.82) is 0 Å². The van der Waals surface area contributed by atoms with Crippen LogP contribution in [0.1, 0.15) is 168 Å². The van der Waals surface area contributed by atoms with Gasteiger partial charge >= 0.3 is 11.9 Å². The molecule has 1 aliphatic heterocycles. The van der Waals surface area contributed by atoms with Gasteiger partial charge in [-0.25, -0.2) is 0 Å². The van der Waals surface area contributed by atoms with Crippen molar-refractivity contribution in [3.63, 3.8) is 0 Å². The van der Waals surface area contributed by atoms with Crippen molar-refractivity contribution in [2.75, 3.05) is 19.8 Å². The molecule has 1 rings (SSSR count). The number of esters is 2. The number of rotatable bonds is 35. The molecule has 0 aromatic heterocycles. The normalized spacial score (nSPS) is 21.0. The number of aliphatic hydroxyl groups is 4. The van der Waals surface area contributed by atoms with Gasteiger partial charge in [0.15, 0.2) is 12.4 Å². The molecule has 0 aromatic carbocycles. The first-order chi connectivity index (χ1) is 26.8. The Labute approximate surface area is 333 Å². The quantitative estimate of drug-likeness (QED) is 0.0279. The first-order valence-corrected chi connectivity index (χ1v) is 21.7. The van der Waals surface area contributed by atoms with Crippen LogP contribution in [0, 0.1) is 0 Å². The molecule has 10 nitrogen and oxygen atoms in total. The number of hydrogen-bond donors (Lipinski definition) is 4. The number of carbonyl (C=O) groups excluding carboxylic acids is 2. The second-order valence-electron chi connectivity index (χ2n) is 14.8. The Kier molecular flexibility index (Phi) is 33.2. The third-order valence-corrected chi connectivity index (χ3v) is 9.69. The Morgan fingerprint density at radius 3 is 1.51 bits per heavy atom. The Morgan fingerprint density at radius 1 is 0.564 bits per heavy atom. The van der Waals surface area contributed by atoms with Crippen molar-refractivity contribution in [1.82, 2.24) is 0 Å². The summed E-state index contributed by atoms with van der Waals surface area (Å²) >= 11 is 0. The highest BCUT2D eigenvalue weighted by atomic mass is 16.7. The van der Waals surface area contributed by atoms with Gasteiger partial charge in [-0.2, -0.15) is 0 Å². The van der Waals surface area contributed by atoms with Crippen molar-refractivity contribution in [3.8, 4) is 0 Å². The molecule has 1 fully saturated rings. The minimum absolute atomic E-state index is 0.209. The number of ether oxygens (including phenoxy) is 4. The van der Waals surface area contributed by atoms with E-state index in [2.05, 4.69) is 62.5 Å². The number of carbonyl (C=O) groups is 2. The van der Waals surface area contributed by atoms with Gasteiger partial charge in [0.2, 0.25) is 0 Å². The molecule has 0 radical (unpaired) electrons. The second-order valence-corrected chi connectivity index (χ2v) is 14.8. The van der Waals surface area contributed by atoms with Crippen molar-refractivity contribution in [2.45, 2.75) is 205 Å². The molecule has 0 aromatic rings. The molecule has 0 bridgehead atoms. The summed E-state index contributed by atoms with van der Waals surface area (Å²) in [5, 5.41) is 40.0. The summed E-state index contributed by atoms with van der Waals surface area (Å²) in [6.45, 7) is 3.33. The Balaban J connectivity index is 2.38. The molecule has 0 saturated carbocycles. The smallest absolute Gasteiger partial charge is 0.306 e. The third kappa shape index (κ3) is 27.8. The zero-order chi connectivity index (χ0) is 40.2. The lowest BCUT2D eigenvalue weighted by Gasteiger charge is -2.39. The van der Waals surface area contributed by atoms with Crippen LogP contribution in [0.3, 0.4) is 0 Å². The first-order valence-electron chi connectivity index (χ1n) is 21.7. The van der Waals surface area contributed by atoms with Crippen LogP contribution in [0.25, 0.3) is 0 Å². The molecule has 0 amide bonds. The molecule has 10 heteroatoms. The van der Waals surface area contributed by atoms with E-state index in [0.29, 0.717) is 12.8 Å². The SMILES string of the molecule is CCCCC/C=C\C/C=C\CCCCCCCC(=O)OC[C@@H](CO[C@@H]1O[C@H](CO)[C@H](O)[C@H](O)[C@H]1O)OC(=O)CCCCCCC/C=C\C/C=C\CCCCC. The lowest BCUT2D eigenvalue weighted by Crippen LogP contribution is -2.59. The van der Waals surface area contributed by atoms with E-state index >= 15 is 0 Å². The summed E-state index contributed by atoms with van der Waals surface area (Å²) in [6, 6.07) is 0. The van der Waals surface area contributed by atoms with Gasteiger partial charge in [-0.1, -0.05) is 127 Å². The fourth-order valence-corrected chi connectivity index (χ4v) is 6.19. The van der Waals surface area contributed by atoms with Crippen LogP contribution >= 0.6 is 0 Å². The summed E-state index contributed by atoms with van der Waals surface area (Å²) in [4.78, 5) is 25.3. The minimum Gasteiger partial charge on any atom is -0.462 e. The predicted molar refractivity (Wildman–Crippen MR) is 219 cm³/mol. The van der Waals surface area contributed by atoms with Crippen LogP contribution in [0.4, 0.5) is 0 Å². The lowest BCUT2D eigenvalue weighted by molar-refractivity contribution is -0.305. The highest BCUT2D eigenvalue weighted by Crippen LogP contribution is 2.22. The first kappa shape index (κ1) is 50.7. The predicted octanol–water partition coefficient (Wildman–Crippen LogP) is 8.88. The van der Waals surface area contributed by atoms with Gasteiger partial charge in [-0.15, -0.1) is 0 Å². The summed E-state index contributed by atoms with van der Waals surface area (Å²) in [6.07, 6.45) is 33.9. The van der Waals surface area contributed by atoms with Gasteiger partial charge in [0.25, 0.3) is 0 Å². The molecule has 1 heterocycles. The van der Waals surface area contributed by atoms with Crippen molar-refractivity contribution >= 4 is 11.9 Å². The van der Waals surface area contributed by atoms with Crippen LogP contribution < -0.4 is 0 Å². The molecule has 55 heavy (non-hydrogen) atoms. The van der Waals surface area contributed by atoms with E-state index < -0.39 is 55.4 Å². The fourth-order valence-electron chi connectivity index (χ4n) is 6.19. The van der Waals surface area contributed by atoms with E-state index in [1.165, 1.54) is 44.9 Å². The summed E-state index contributed by atoms with van der Waals surface area (Å²) in [5.41, 5.74) is 0.